The number of fused-ring (bicyclic) bond motifs is 2. The van der Waals surface area contributed by atoms with Gasteiger partial charge in [-0.15, -0.1) is 11.8 Å². The second kappa shape index (κ2) is 8.95. The highest BCUT2D eigenvalue weighted by atomic mass is 32.2. The number of benzene rings is 1. The zero-order valence-electron chi connectivity index (χ0n) is 18.9. The summed E-state index contributed by atoms with van der Waals surface area (Å²) in [7, 11) is 0. The molecule has 0 amide bonds. The van der Waals surface area contributed by atoms with E-state index in [4.69, 9.17) is 9.97 Å². The number of thioether (sulfide) groups is 1. The van der Waals surface area contributed by atoms with Crippen LogP contribution < -0.4 is 20.9 Å². The average Bonchev–Trinajstić information content (AvgIpc) is 3.57. The minimum absolute atomic E-state index is 0.658. The number of anilines is 4. The van der Waals surface area contributed by atoms with Gasteiger partial charge in [-0.25, -0.2) is 15.0 Å². The molecule has 0 unspecified atom stereocenters. The number of para-hydroxylation sites is 1. The SMILES string of the molecule is CSc1ccccc1Nc1nc(N2CC[C@H]3CNC[C@H]3C2)nc2c(NCC3CC3)ncnc12. The van der Waals surface area contributed by atoms with Crippen LogP contribution in [0.4, 0.5) is 23.3 Å². The third kappa shape index (κ3) is 4.31. The summed E-state index contributed by atoms with van der Waals surface area (Å²) in [6, 6.07) is 8.31. The number of nitrogens with one attached hydrogen (secondary N) is 3. The number of nitrogens with zero attached hydrogens (tertiary/aromatic N) is 5. The molecule has 3 N–H and O–H groups in total. The van der Waals surface area contributed by atoms with Crippen molar-refractivity contribution in [3.63, 3.8) is 0 Å². The maximum atomic E-state index is 5.02. The van der Waals surface area contributed by atoms with Crippen LogP contribution in [0.1, 0.15) is 19.3 Å². The highest BCUT2D eigenvalue weighted by Gasteiger charge is 2.34. The molecule has 6 rings (SSSR count). The van der Waals surface area contributed by atoms with Crippen LogP contribution in [0.25, 0.3) is 11.0 Å². The summed E-state index contributed by atoms with van der Waals surface area (Å²) in [6.07, 6.45) is 7.46. The summed E-state index contributed by atoms with van der Waals surface area (Å²) in [4.78, 5) is 22.7. The van der Waals surface area contributed by atoms with Crippen molar-refractivity contribution < 1.29 is 0 Å². The lowest BCUT2D eigenvalue weighted by atomic mass is 9.89. The van der Waals surface area contributed by atoms with E-state index in [1.807, 2.05) is 6.07 Å². The molecule has 2 aliphatic heterocycles. The molecule has 4 heterocycles. The molecule has 33 heavy (non-hydrogen) atoms. The number of hydrogen-bond acceptors (Lipinski definition) is 9. The summed E-state index contributed by atoms with van der Waals surface area (Å²) in [5, 5.41) is 10.6. The molecule has 3 aliphatic rings. The number of aromatic nitrogens is 4. The van der Waals surface area contributed by atoms with Gasteiger partial charge in [0.05, 0.1) is 5.69 Å². The van der Waals surface area contributed by atoms with Gasteiger partial charge in [-0.05, 0) is 68.5 Å². The van der Waals surface area contributed by atoms with Crippen LogP contribution in [0, 0.1) is 17.8 Å². The fourth-order valence-electron chi connectivity index (χ4n) is 4.95. The Hall–Kier alpha value is -2.65. The fourth-order valence-corrected chi connectivity index (χ4v) is 5.50. The van der Waals surface area contributed by atoms with Crippen molar-refractivity contribution in [3.8, 4) is 0 Å². The van der Waals surface area contributed by atoms with E-state index < -0.39 is 0 Å². The second-order valence-corrected chi connectivity index (χ2v) is 10.2. The molecule has 8 nitrogen and oxygen atoms in total. The summed E-state index contributed by atoms with van der Waals surface area (Å²) in [6.45, 7) is 5.12. The van der Waals surface area contributed by atoms with E-state index in [0.29, 0.717) is 5.92 Å². The van der Waals surface area contributed by atoms with E-state index >= 15 is 0 Å². The van der Waals surface area contributed by atoms with E-state index in [1.165, 1.54) is 24.2 Å². The molecule has 172 valence electrons. The first kappa shape index (κ1) is 20.9. The van der Waals surface area contributed by atoms with Gasteiger partial charge in [-0.3, -0.25) is 0 Å². The van der Waals surface area contributed by atoms with Crippen molar-refractivity contribution in [2.45, 2.75) is 24.2 Å². The Bertz CT molecular complexity index is 1150. The second-order valence-electron chi connectivity index (χ2n) is 9.35. The zero-order valence-corrected chi connectivity index (χ0v) is 19.7. The van der Waals surface area contributed by atoms with Gasteiger partial charge < -0.3 is 20.9 Å². The maximum Gasteiger partial charge on any atom is 0.228 e. The summed E-state index contributed by atoms with van der Waals surface area (Å²) < 4.78 is 0. The number of piperidine rings is 1. The molecule has 3 aromatic rings. The molecule has 2 aromatic heterocycles. The van der Waals surface area contributed by atoms with Crippen molar-refractivity contribution in [1.82, 2.24) is 25.3 Å². The van der Waals surface area contributed by atoms with Crippen molar-refractivity contribution >= 4 is 46.1 Å². The van der Waals surface area contributed by atoms with Crippen LogP contribution in [0.5, 0.6) is 0 Å². The van der Waals surface area contributed by atoms with Gasteiger partial charge in [0.25, 0.3) is 0 Å². The van der Waals surface area contributed by atoms with Gasteiger partial charge in [0, 0.05) is 24.5 Å². The molecular weight excluding hydrogens is 432 g/mol. The largest absolute Gasteiger partial charge is 0.368 e. The lowest BCUT2D eigenvalue weighted by molar-refractivity contribution is 0.346. The lowest BCUT2D eigenvalue weighted by Gasteiger charge is -2.34. The van der Waals surface area contributed by atoms with Crippen molar-refractivity contribution in [2.75, 3.05) is 54.5 Å². The Morgan fingerprint density at radius 3 is 2.79 bits per heavy atom. The lowest BCUT2D eigenvalue weighted by Crippen LogP contribution is -2.41. The van der Waals surface area contributed by atoms with Gasteiger partial charge >= 0.3 is 0 Å². The van der Waals surface area contributed by atoms with Crippen LogP contribution in [0.2, 0.25) is 0 Å². The van der Waals surface area contributed by atoms with Crippen LogP contribution in [-0.2, 0) is 0 Å². The van der Waals surface area contributed by atoms with E-state index in [1.54, 1.807) is 18.1 Å². The Balaban J connectivity index is 1.40. The minimum Gasteiger partial charge on any atom is -0.368 e. The quantitative estimate of drug-likeness (QED) is 0.454. The average molecular weight is 463 g/mol. The van der Waals surface area contributed by atoms with E-state index in [9.17, 15) is 0 Å². The molecule has 0 radical (unpaired) electrons. The Kier molecular flexibility index (Phi) is 5.67. The highest BCUT2D eigenvalue weighted by molar-refractivity contribution is 7.98. The normalized spacial score (nSPS) is 22.4. The number of rotatable bonds is 7. The molecule has 9 heteroatoms. The topological polar surface area (TPSA) is 90.9 Å². The molecule has 1 aliphatic carbocycles. The van der Waals surface area contributed by atoms with Crippen LogP contribution >= 0.6 is 11.8 Å². The monoisotopic (exact) mass is 462 g/mol. The van der Waals surface area contributed by atoms with Crippen LogP contribution in [-0.4, -0.2) is 58.9 Å². The molecule has 1 aromatic carbocycles. The Labute approximate surface area is 198 Å². The third-order valence-corrected chi connectivity index (χ3v) is 7.87. The van der Waals surface area contributed by atoms with Gasteiger partial charge in [0.1, 0.15) is 17.4 Å². The molecular formula is C24H30N8S. The van der Waals surface area contributed by atoms with E-state index in [0.717, 1.165) is 78.9 Å². The fraction of sp³-hybridized carbons (Fsp3) is 0.500. The Morgan fingerprint density at radius 2 is 1.91 bits per heavy atom. The van der Waals surface area contributed by atoms with Crippen LogP contribution in [0.3, 0.4) is 0 Å². The predicted octanol–water partition coefficient (Wildman–Crippen LogP) is 3.75. The van der Waals surface area contributed by atoms with Gasteiger partial charge in [-0.1, -0.05) is 12.1 Å². The summed E-state index contributed by atoms with van der Waals surface area (Å²) in [5.74, 6) is 4.48. The van der Waals surface area contributed by atoms with Crippen LogP contribution in [0.15, 0.2) is 35.5 Å². The number of hydrogen-bond donors (Lipinski definition) is 3. The Morgan fingerprint density at radius 1 is 1.03 bits per heavy atom. The first-order valence-electron chi connectivity index (χ1n) is 11.9. The highest BCUT2D eigenvalue weighted by Crippen LogP contribution is 2.35. The summed E-state index contributed by atoms with van der Waals surface area (Å²) >= 11 is 1.72. The molecule has 3 fully saturated rings. The van der Waals surface area contributed by atoms with Gasteiger partial charge in [0.2, 0.25) is 5.95 Å². The zero-order chi connectivity index (χ0) is 22.2. The molecule has 2 saturated heterocycles. The smallest absolute Gasteiger partial charge is 0.228 e. The van der Waals surface area contributed by atoms with E-state index in [-0.39, 0.29) is 0 Å². The van der Waals surface area contributed by atoms with Crippen molar-refractivity contribution in [3.05, 3.63) is 30.6 Å². The third-order valence-electron chi connectivity index (χ3n) is 7.07. The first-order valence-corrected chi connectivity index (χ1v) is 13.1. The summed E-state index contributed by atoms with van der Waals surface area (Å²) in [5.41, 5.74) is 2.57. The van der Waals surface area contributed by atoms with Crippen molar-refractivity contribution in [1.29, 1.82) is 0 Å². The predicted molar refractivity (Wildman–Crippen MR) is 135 cm³/mol. The first-order chi connectivity index (χ1) is 16.3. The standard InChI is InChI=1S/C24H30N8S/c1-33-19-5-3-2-4-18(19)29-23-20-21(22(28-14-27-20)26-10-15-6-7-15)30-24(31-23)32-9-8-16-11-25-12-17(16)13-32/h2-5,14-17,25H,6-13H2,1H3,(H,26,27,28)(H,29,30,31)/t16-,17-/m0/s1. The van der Waals surface area contributed by atoms with Crippen molar-refractivity contribution in [2.24, 2.45) is 17.8 Å². The maximum absolute atomic E-state index is 5.02. The van der Waals surface area contributed by atoms with Gasteiger partial charge in [-0.2, -0.15) is 4.98 Å². The molecule has 0 bridgehead atoms. The van der Waals surface area contributed by atoms with Gasteiger partial charge in [0.15, 0.2) is 11.6 Å². The molecule has 2 atom stereocenters. The minimum atomic E-state index is 0.658. The van der Waals surface area contributed by atoms with E-state index in [2.05, 4.69) is 55.3 Å². The molecule has 0 spiro atoms. The molecule has 1 saturated carbocycles.